The van der Waals surface area contributed by atoms with Crippen LogP contribution in [0.25, 0.3) is 0 Å². The largest absolute Gasteiger partial charge is 0.491 e. The van der Waals surface area contributed by atoms with Gasteiger partial charge < -0.3 is 10.1 Å². The molecular formula is C20H32NO. The van der Waals surface area contributed by atoms with Crippen molar-refractivity contribution >= 4 is 5.69 Å². The molecule has 2 unspecified atom stereocenters. The molecule has 22 heavy (non-hydrogen) atoms. The van der Waals surface area contributed by atoms with E-state index in [4.69, 9.17) is 4.74 Å². The highest BCUT2D eigenvalue weighted by atomic mass is 16.5. The molecule has 123 valence electrons. The van der Waals surface area contributed by atoms with E-state index in [-0.39, 0.29) is 11.5 Å². The lowest BCUT2D eigenvalue weighted by Gasteiger charge is -2.49. The quantitative estimate of drug-likeness (QED) is 0.803. The van der Waals surface area contributed by atoms with Gasteiger partial charge in [0, 0.05) is 11.7 Å². The Morgan fingerprint density at radius 3 is 2.32 bits per heavy atom. The third kappa shape index (κ3) is 3.77. The van der Waals surface area contributed by atoms with Gasteiger partial charge in [-0.25, -0.2) is 0 Å². The zero-order chi connectivity index (χ0) is 16.5. The number of rotatable bonds is 4. The Morgan fingerprint density at radius 2 is 1.77 bits per heavy atom. The maximum atomic E-state index is 5.71. The second-order valence-electron chi connectivity index (χ2n) is 8.01. The summed E-state index contributed by atoms with van der Waals surface area (Å²) in [5.41, 5.74) is 1.41. The molecule has 0 spiro atoms. The van der Waals surface area contributed by atoms with Crippen molar-refractivity contribution in [1.29, 1.82) is 0 Å². The Balaban J connectivity index is 2.11. The van der Waals surface area contributed by atoms with E-state index < -0.39 is 0 Å². The number of hydrogen-bond acceptors (Lipinski definition) is 2. The third-order valence-corrected chi connectivity index (χ3v) is 5.24. The molecule has 4 atom stereocenters. The van der Waals surface area contributed by atoms with E-state index in [9.17, 15) is 0 Å². The number of anilines is 1. The summed E-state index contributed by atoms with van der Waals surface area (Å²) in [5.74, 6) is 2.73. The van der Waals surface area contributed by atoms with Crippen LogP contribution in [0.15, 0.2) is 24.3 Å². The van der Waals surface area contributed by atoms with E-state index in [1.807, 2.05) is 26.0 Å². The monoisotopic (exact) mass is 302 g/mol. The van der Waals surface area contributed by atoms with Gasteiger partial charge in [-0.1, -0.05) is 27.7 Å². The lowest BCUT2D eigenvalue weighted by atomic mass is 9.60. The molecule has 1 saturated carbocycles. The highest BCUT2D eigenvalue weighted by Gasteiger charge is 2.43. The summed E-state index contributed by atoms with van der Waals surface area (Å²) >= 11 is 0. The number of hydrogen-bond donors (Lipinski definition) is 1. The van der Waals surface area contributed by atoms with Crippen LogP contribution >= 0.6 is 0 Å². The lowest BCUT2D eigenvalue weighted by molar-refractivity contribution is 0.0794. The van der Waals surface area contributed by atoms with Crippen molar-refractivity contribution < 1.29 is 4.74 Å². The minimum absolute atomic E-state index is 0.211. The van der Waals surface area contributed by atoms with E-state index in [0.29, 0.717) is 17.9 Å². The van der Waals surface area contributed by atoms with Gasteiger partial charge in [-0.3, -0.25) is 0 Å². The van der Waals surface area contributed by atoms with Crippen LogP contribution in [-0.4, -0.2) is 12.1 Å². The summed E-state index contributed by atoms with van der Waals surface area (Å²) in [7, 11) is 0. The first-order valence-corrected chi connectivity index (χ1v) is 8.57. The Morgan fingerprint density at radius 1 is 1.18 bits per heavy atom. The standard InChI is InChI=1S/C20H32NO/c1-13(2)22-18-10-8-17(9-11-18)21-19-16(5)15(4)14(3)12-20(19,6)7/h8-11,13-16,19,21H,5,12H2,1-4,6-7H3/t14?,15?,16-,19-/m1/s1. The Hall–Kier alpha value is -1.18. The van der Waals surface area contributed by atoms with Crippen LogP contribution in [0, 0.1) is 30.1 Å². The predicted octanol–water partition coefficient (Wildman–Crippen LogP) is 5.41. The van der Waals surface area contributed by atoms with Gasteiger partial charge in [0.1, 0.15) is 5.75 Å². The van der Waals surface area contributed by atoms with Gasteiger partial charge in [0.25, 0.3) is 0 Å². The average Bonchev–Trinajstić information content (AvgIpc) is 2.42. The molecule has 1 fully saturated rings. The average molecular weight is 302 g/mol. The summed E-state index contributed by atoms with van der Waals surface area (Å²) in [5, 5.41) is 3.73. The van der Waals surface area contributed by atoms with E-state index in [0.717, 1.165) is 17.4 Å². The van der Waals surface area contributed by atoms with Gasteiger partial charge >= 0.3 is 0 Å². The first-order valence-electron chi connectivity index (χ1n) is 8.57. The minimum atomic E-state index is 0.211. The van der Waals surface area contributed by atoms with Crippen molar-refractivity contribution in [2.45, 2.75) is 60.1 Å². The maximum Gasteiger partial charge on any atom is 0.119 e. The van der Waals surface area contributed by atoms with Crippen molar-refractivity contribution in [3.8, 4) is 5.75 Å². The highest BCUT2D eigenvalue weighted by Crippen LogP contribution is 2.46. The van der Waals surface area contributed by atoms with E-state index in [2.05, 4.69) is 52.1 Å². The summed E-state index contributed by atoms with van der Waals surface area (Å²) in [6.45, 7) is 18.0. The Kier molecular flexibility index (Phi) is 5.09. The minimum Gasteiger partial charge on any atom is -0.491 e. The van der Waals surface area contributed by atoms with Crippen molar-refractivity contribution in [3.05, 3.63) is 31.2 Å². The number of nitrogens with one attached hydrogen (secondary N) is 1. The van der Waals surface area contributed by atoms with Gasteiger partial charge in [-0.05, 0) is 74.6 Å². The topological polar surface area (TPSA) is 21.3 Å². The molecule has 1 aromatic carbocycles. The van der Waals surface area contributed by atoms with Gasteiger partial charge in [0.05, 0.1) is 6.10 Å². The second kappa shape index (κ2) is 6.52. The molecule has 1 aromatic rings. The van der Waals surface area contributed by atoms with Gasteiger partial charge in [0.15, 0.2) is 0 Å². The number of ether oxygens (including phenoxy) is 1. The molecule has 2 heteroatoms. The van der Waals surface area contributed by atoms with Crippen LogP contribution in [0.5, 0.6) is 5.75 Å². The molecule has 2 rings (SSSR count). The van der Waals surface area contributed by atoms with Crippen molar-refractivity contribution in [1.82, 2.24) is 0 Å². The Bertz CT molecular complexity index is 477. The fourth-order valence-electron chi connectivity index (χ4n) is 3.83. The highest BCUT2D eigenvalue weighted by molar-refractivity contribution is 5.48. The molecule has 2 nitrogen and oxygen atoms in total. The van der Waals surface area contributed by atoms with Crippen molar-refractivity contribution in [2.24, 2.45) is 23.2 Å². The van der Waals surface area contributed by atoms with Crippen LogP contribution in [0.2, 0.25) is 0 Å². The van der Waals surface area contributed by atoms with Crippen LogP contribution < -0.4 is 10.1 Å². The molecule has 1 radical (unpaired) electrons. The zero-order valence-corrected chi connectivity index (χ0v) is 15.0. The number of benzene rings is 1. The molecule has 0 heterocycles. The van der Waals surface area contributed by atoms with Crippen LogP contribution in [0.4, 0.5) is 5.69 Å². The van der Waals surface area contributed by atoms with Gasteiger partial charge in [-0.15, -0.1) is 0 Å². The van der Waals surface area contributed by atoms with Crippen molar-refractivity contribution in [3.63, 3.8) is 0 Å². The molecule has 1 N–H and O–H groups in total. The molecular weight excluding hydrogens is 270 g/mol. The van der Waals surface area contributed by atoms with Crippen LogP contribution in [0.1, 0.15) is 48.0 Å². The molecule has 1 aliphatic rings. The summed E-state index contributed by atoms with van der Waals surface area (Å²) in [6, 6.07) is 8.72. The van der Waals surface area contributed by atoms with Gasteiger partial charge in [-0.2, -0.15) is 0 Å². The first kappa shape index (κ1) is 17.2. The SMILES string of the molecule is [CH2][C@@H]1C(C)C(C)CC(C)(C)[C@@H]1Nc1ccc(OC(C)C)cc1. The van der Waals surface area contributed by atoms with Crippen molar-refractivity contribution in [2.75, 3.05) is 5.32 Å². The smallest absolute Gasteiger partial charge is 0.119 e. The summed E-state index contributed by atoms with van der Waals surface area (Å²) < 4.78 is 5.71. The summed E-state index contributed by atoms with van der Waals surface area (Å²) in [6.07, 6.45) is 1.45. The molecule has 0 aromatic heterocycles. The Labute approximate surface area is 136 Å². The summed E-state index contributed by atoms with van der Waals surface area (Å²) in [4.78, 5) is 0. The van der Waals surface area contributed by atoms with E-state index in [1.54, 1.807) is 0 Å². The second-order valence-corrected chi connectivity index (χ2v) is 8.01. The van der Waals surface area contributed by atoms with Crippen LogP contribution in [0.3, 0.4) is 0 Å². The molecule has 1 aliphatic carbocycles. The predicted molar refractivity (Wildman–Crippen MR) is 95.2 cm³/mol. The van der Waals surface area contributed by atoms with E-state index >= 15 is 0 Å². The fraction of sp³-hybridized carbons (Fsp3) is 0.650. The fourth-order valence-corrected chi connectivity index (χ4v) is 3.83. The van der Waals surface area contributed by atoms with Gasteiger partial charge in [0.2, 0.25) is 0 Å². The van der Waals surface area contributed by atoms with Crippen LogP contribution in [-0.2, 0) is 0 Å². The zero-order valence-electron chi connectivity index (χ0n) is 15.0. The maximum absolute atomic E-state index is 5.71. The first-order chi connectivity index (χ1) is 10.2. The molecule has 0 saturated heterocycles. The molecule has 0 bridgehead atoms. The lowest BCUT2D eigenvalue weighted by Crippen LogP contribution is -2.50. The molecule has 0 amide bonds. The third-order valence-electron chi connectivity index (χ3n) is 5.24. The molecule has 0 aliphatic heterocycles. The normalized spacial score (nSPS) is 31.1. The van der Waals surface area contributed by atoms with E-state index in [1.165, 1.54) is 6.42 Å².